The van der Waals surface area contributed by atoms with E-state index in [1.165, 1.54) is 16.8 Å². The van der Waals surface area contributed by atoms with Crippen molar-refractivity contribution in [2.24, 2.45) is 12.8 Å². The van der Waals surface area contributed by atoms with Crippen molar-refractivity contribution in [3.05, 3.63) is 44.0 Å². The molecule has 0 atom stereocenters. The van der Waals surface area contributed by atoms with Gasteiger partial charge in [-0.05, 0) is 19.1 Å². The summed E-state index contributed by atoms with van der Waals surface area (Å²) in [5.74, 6) is 0.0227. The van der Waals surface area contributed by atoms with Crippen LogP contribution in [0.5, 0.6) is 11.6 Å². The number of amidine groups is 1. The van der Waals surface area contributed by atoms with Crippen molar-refractivity contribution >= 4 is 27.5 Å². The summed E-state index contributed by atoms with van der Waals surface area (Å²) in [6, 6.07) is 4.43. The normalized spacial score (nSPS) is 10.4. The van der Waals surface area contributed by atoms with Crippen LogP contribution in [0.25, 0.3) is 0 Å². The van der Waals surface area contributed by atoms with E-state index in [0.717, 1.165) is 0 Å². The maximum Gasteiger partial charge on any atom is 0.312 e. The summed E-state index contributed by atoms with van der Waals surface area (Å²) >= 11 is 3.17. The maximum absolute atomic E-state index is 11.1. The van der Waals surface area contributed by atoms with Crippen LogP contribution in [0.15, 0.2) is 22.7 Å². The lowest BCUT2D eigenvalue weighted by Crippen LogP contribution is -2.13. The minimum Gasteiger partial charge on any atom is -0.431 e. The predicted octanol–water partition coefficient (Wildman–Crippen LogP) is 2.48. The van der Waals surface area contributed by atoms with Crippen LogP contribution in [0.1, 0.15) is 11.3 Å². The standard InChI is InChI=1S/C12H12BrN5O3/c1-6-10(11(14)15)12(17(2)16-6)21-9-4-3-7(13)5-8(9)18(19)20/h3-5H,1-2H3,(H3,14,15). The second kappa shape index (κ2) is 5.52. The van der Waals surface area contributed by atoms with Crippen LogP contribution < -0.4 is 10.5 Å². The molecular formula is C12H12BrN5O3. The van der Waals surface area contributed by atoms with Gasteiger partial charge in [-0.25, -0.2) is 4.68 Å². The Morgan fingerprint density at radius 3 is 2.81 bits per heavy atom. The first-order valence-electron chi connectivity index (χ1n) is 5.81. The molecule has 9 heteroatoms. The van der Waals surface area contributed by atoms with Gasteiger partial charge in [0, 0.05) is 17.6 Å². The zero-order valence-corrected chi connectivity index (χ0v) is 12.8. The van der Waals surface area contributed by atoms with E-state index < -0.39 is 4.92 Å². The number of aromatic nitrogens is 2. The molecule has 110 valence electrons. The molecule has 0 aliphatic rings. The summed E-state index contributed by atoms with van der Waals surface area (Å²) in [6.45, 7) is 1.68. The lowest BCUT2D eigenvalue weighted by atomic mass is 10.2. The predicted molar refractivity (Wildman–Crippen MR) is 79.8 cm³/mol. The molecule has 0 saturated carbocycles. The van der Waals surface area contributed by atoms with Gasteiger partial charge in [-0.15, -0.1) is 0 Å². The monoisotopic (exact) mass is 353 g/mol. The molecule has 2 rings (SSSR count). The van der Waals surface area contributed by atoms with Crippen molar-refractivity contribution in [1.82, 2.24) is 9.78 Å². The van der Waals surface area contributed by atoms with Crippen molar-refractivity contribution in [3.63, 3.8) is 0 Å². The van der Waals surface area contributed by atoms with Gasteiger partial charge >= 0.3 is 5.69 Å². The fourth-order valence-electron chi connectivity index (χ4n) is 1.89. The lowest BCUT2D eigenvalue weighted by Gasteiger charge is -2.08. The van der Waals surface area contributed by atoms with Gasteiger partial charge in [0.05, 0.1) is 10.6 Å². The van der Waals surface area contributed by atoms with Crippen molar-refractivity contribution in [3.8, 4) is 11.6 Å². The second-order valence-corrected chi connectivity index (χ2v) is 5.19. The summed E-state index contributed by atoms with van der Waals surface area (Å²) in [5.41, 5.74) is 6.14. The molecular weight excluding hydrogens is 342 g/mol. The van der Waals surface area contributed by atoms with E-state index in [2.05, 4.69) is 21.0 Å². The average molecular weight is 354 g/mol. The number of rotatable bonds is 4. The molecule has 1 aromatic carbocycles. The molecule has 8 nitrogen and oxygen atoms in total. The molecule has 1 aromatic heterocycles. The number of nitrogens with one attached hydrogen (secondary N) is 1. The van der Waals surface area contributed by atoms with E-state index in [0.29, 0.717) is 15.7 Å². The summed E-state index contributed by atoms with van der Waals surface area (Å²) in [7, 11) is 1.61. The molecule has 0 radical (unpaired) electrons. The number of nitrogens with two attached hydrogens (primary N) is 1. The number of halogens is 1. The number of nitro groups is 1. The van der Waals surface area contributed by atoms with Crippen molar-refractivity contribution in [2.45, 2.75) is 6.92 Å². The lowest BCUT2D eigenvalue weighted by molar-refractivity contribution is -0.385. The molecule has 2 aromatic rings. The summed E-state index contributed by atoms with van der Waals surface area (Å²) in [5, 5.41) is 22.8. The van der Waals surface area contributed by atoms with Crippen molar-refractivity contribution < 1.29 is 9.66 Å². The van der Waals surface area contributed by atoms with Gasteiger partial charge in [0.25, 0.3) is 0 Å². The number of ether oxygens (including phenoxy) is 1. The first-order valence-corrected chi connectivity index (χ1v) is 6.60. The Bertz CT molecular complexity index is 741. The van der Waals surface area contributed by atoms with Crippen LogP contribution >= 0.6 is 15.9 Å². The maximum atomic E-state index is 11.1. The topological polar surface area (TPSA) is 120 Å². The van der Waals surface area contributed by atoms with E-state index in [1.807, 2.05) is 0 Å². The van der Waals surface area contributed by atoms with E-state index >= 15 is 0 Å². The highest BCUT2D eigenvalue weighted by molar-refractivity contribution is 9.10. The van der Waals surface area contributed by atoms with Gasteiger partial charge in [0.2, 0.25) is 11.6 Å². The molecule has 0 saturated heterocycles. The number of benzene rings is 1. The smallest absolute Gasteiger partial charge is 0.312 e. The average Bonchev–Trinajstić information content (AvgIpc) is 2.66. The van der Waals surface area contributed by atoms with Gasteiger partial charge < -0.3 is 10.5 Å². The Kier molecular flexibility index (Phi) is 3.94. The van der Waals surface area contributed by atoms with Crippen LogP contribution in [0, 0.1) is 22.4 Å². The third-order valence-electron chi connectivity index (χ3n) is 2.76. The first kappa shape index (κ1) is 15.0. The van der Waals surface area contributed by atoms with Crippen LogP contribution in [-0.2, 0) is 7.05 Å². The Labute approximate surface area is 128 Å². The largest absolute Gasteiger partial charge is 0.431 e. The van der Waals surface area contributed by atoms with Gasteiger partial charge in [0.1, 0.15) is 11.4 Å². The fourth-order valence-corrected chi connectivity index (χ4v) is 2.24. The Hall–Kier alpha value is -2.42. The molecule has 0 aliphatic carbocycles. The molecule has 0 bridgehead atoms. The molecule has 1 heterocycles. The molecule has 0 fully saturated rings. The van der Waals surface area contributed by atoms with Crippen LogP contribution in [0.2, 0.25) is 0 Å². The van der Waals surface area contributed by atoms with Gasteiger partial charge in [-0.3, -0.25) is 15.5 Å². The van der Waals surface area contributed by atoms with Gasteiger partial charge in [-0.1, -0.05) is 15.9 Å². The SMILES string of the molecule is Cc1nn(C)c(Oc2ccc(Br)cc2[N+](=O)[O-])c1C(=N)N. The molecule has 0 aliphatic heterocycles. The summed E-state index contributed by atoms with van der Waals surface area (Å²) in [6.07, 6.45) is 0. The third kappa shape index (κ3) is 2.87. The first-order chi connectivity index (χ1) is 9.81. The second-order valence-electron chi connectivity index (χ2n) is 4.27. The molecule has 0 amide bonds. The van der Waals surface area contributed by atoms with Crippen molar-refractivity contribution in [1.29, 1.82) is 5.41 Å². The van der Waals surface area contributed by atoms with E-state index in [-0.39, 0.29) is 23.2 Å². The number of nitrogen functional groups attached to an aromatic ring is 1. The number of aryl methyl sites for hydroxylation is 2. The number of hydrogen-bond acceptors (Lipinski definition) is 5. The fraction of sp³-hybridized carbons (Fsp3) is 0.167. The molecule has 21 heavy (non-hydrogen) atoms. The number of nitrogens with zero attached hydrogens (tertiary/aromatic N) is 3. The molecule has 0 unspecified atom stereocenters. The van der Waals surface area contributed by atoms with Crippen LogP contribution in [-0.4, -0.2) is 20.5 Å². The highest BCUT2D eigenvalue weighted by Gasteiger charge is 2.22. The molecule has 0 spiro atoms. The van der Waals surface area contributed by atoms with E-state index in [4.69, 9.17) is 15.9 Å². The van der Waals surface area contributed by atoms with E-state index in [9.17, 15) is 10.1 Å². The summed E-state index contributed by atoms with van der Waals surface area (Å²) in [4.78, 5) is 10.5. The minimum absolute atomic E-state index is 0.0497. The Balaban J connectivity index is 2.53. The zero-order chi connectivity index (χ0) is 15.7. The zero-order valence-electron chi connectivity index (χ0n) is 11.3. The Morgan fingerprint density at radius 1 is 1.57 bits per heavy atom. The minimum atomic E-state index is -0.545. The van der Waals surface area contributed by atoms with Gasteiger partial charge in [-0.2, -0.15) is 5.10 Å². The summed E-state index contributed by atoms with van der Waals surface area (Å²) < 4.78 is 7.54. The highest BCUT2D eigenvalue weighted by atomic mass is 79.9. The number of hydrogen-bond donors (Lipinski definition) is 2. The van der Waals surface area contributed by atoms with Crippen LogP contribution in [0.4, 0.5) is 5.69 Å². The number of nitro benzene ring substituents is 1. The highest BCUT2D eigenvalue weighted by Crippen LogP contribution is 2.35. The van der Waals surface area contributed by atoms with Crippen molar-refractivity contribution in [2.75, 3.05) is 0 Å². The quantitative estimate of drug-likeness (QED) is 0.378. The van der Waals surface area contributed by atoms with Crippen LogP contribution in [0.3, 0.4) is 0 Å². The van der Waals surface area contributed by atoms with Gasteiger partial charge in [0.15, 0.2) is 0 Å². The molecule has 3 N–H and O–H groups in total. The Morgan fingerprint density at radius 2 is 2.24 bits per heavy atom. The van der Waals surface area contributed by atoms with E-state index in [1.54, 1.807) is 20.0 Å². The third-order valence-corrected chi connectivity index (χ3v) is 3.26.